The van der Waals surface area contributed by atoms with Crippen molar-refractivity contribution in [1.29, 1.82) is 0 Å². The highest BCUT2D eigenvalue weighted by Gasteiger charge is 2.28. The lowest BCUT2D eigenvalue weighted by atomic mass is 9.91. The molecule has 1 amide bonds. The Kier molecular flexibility index (Phi) is 8.81. The zero-order valence-electron chi connectivity index (χ0n) is 16.8. The molecule has 2 atom stereocenters. The zero-order valence-corrected chi connectivity index (χ0v) is 17.6. The van der Waals surface area contributed by atoms with Crippen LogP contribution in [0.15, 0.2) is 54.6 Å². The first-order valence-corrected chi connectivity index (χ1v) is 9.84. The van der Waals surface area contributed by atoms with Gasteiger partial charge in [0.2, 0.25) is 5.91 Å². The van der Waals surface area contributed by atoms with Crippen LogP contribution in [0.5, 0.6) is 5.75 Å². The van der Waals surface area contributed by atoms with Crippen molar-refractivity contribution in [3.05, 3.63) is 65.7 Å². The number of methoxy groups -OCH3 is 1. The summed E-state index contributed by atoms with van der Waals surface area (Å²) < 4.78 is 5.23. The average molecular weight is 403 g/mol. The smallest absolute Gasteiger partial charge is 0.226 e. The quantitative estimate of drug-likeness (QED) is 0.758. The Bertz CT molecular complexity index is 721. The number of nitrogens with zero attached hydrogens (tertiary/aromatic N) is 1. The Hall–Kier alpha value is -2.04. The monoisotopic (exact) mass is 402 g/mol. The lowest BCUT2D eigenvalue weighted by molar-refractivity contribution is -0.137. The van der Waals surface area contributed by atoms with Crippen molar-refractivity contribution in [1.82, 2.24) is 10.2 Å². The van der Waals surface area contributed by atoms with E-state index in [2.05, 4.69) is 36.5 Å². The van der Waals surface area contributed by atoms with E-state index in [0.717, 1.165) is 38.1 Å². The van der Waals surface area contributed by atoms with Gasteiger partial charge in [-0.15, -0.1) is 12.4 Å². The number of halogens is 1. The van der Waals surface area contributed by atoms with E-state index >= 15 is 0 Å². The molecule has 0 saturated carbocycles. The van der Waals surface area contributed by atoms with E-state index in [0.29, 0.717) is 18.5 Å². The fourth-order valence-corrected chi connectivity index (χ4v) is 3.74. The Morgan fingerprint density at radius 3 is 2.46 bits per heavy atom. The summed E-state index contributed by atoms with van der Waals surface area (Å²) in [5.41, 5.74) is 2.41. The van der Waals surface area contributed by atoms with E-state index in [-0.39, 0.29) is 18.3 Å². The molecule has 152 valence electrons. The van der Waals surface area contributed by atoms with E-state index in [1.165, 1.54) is 11.1 Å². The minimum Gasteiger partial charge on any atom is -0.497 e. The number of rotatable bonds is 7. The molecule has 1 aliphatic rings. The van der Waals surface area contributed by atoms with Crippen molar-refractivity contribution in [3.63, 3.8) is 0 Å². The minimum absolute atomic E-state index is 0. The van der Waals surface area contributed by atoms with Crippen molar-refractivity contribution >= 4 is 18.3 Å². The van der Waals surface area contributed by atoms with Crippen LogP contribution < -0.4 is 10.1 Å². The maximum Gasteiger partial charge on any atom is 0.226 e. The summed E-state index contributed by atoms with van der Waals surface area (Å²) in [7, 11) is 1.68. The Labute approximate surface area is 174 Å². The highest BCUT2D eigenvalue weighted by Crippen LogP contribution is 2.21. The average Bonchev–Trinajstić information content (AvgIpc) is 2.71. The molecule has 5 heteroatoms. The highest BCUT2D eigenvalue weighted by atomic mass is 35.5. The molecule has 1 aliphatic heterocycles. The molecule has 1 saturated heterocycles. The number of hydrogen-bond donors (Lipinski definition) is 1. The molecule has 3 rings (SSSR count). The first-order valence-electron chi connectivity index (χ1n) is 9.84. The zero-order chi connectivity index (χ0) is 19.1. The summed E-state index contributed by atoms with van der Waals surface area (Å²) in [5, 5.41) is 3.44. The number of nitrogens with one attached hydrogen (secondary N) is 1. The van der Waals surface area contributed by atoms with Crippen LogP contribution in [0, 0.1) is 5.92 Å². The van der Waals surface area contributed by atoms with Gasteiger partial charge < -0.3 is 15.0 Å². The van der Waals surface area contributed by atoms with E-state index in [1.54, 1.807) is 7.11 Å². The number of ether oxygens (including phenoxy) is 1. The number of carbonyl (C=O) groups excluding carboxylic acids is 1. The van der Waals surface area contributed by atoms with Crippen LogP contribution in [0.2, 0.25) is 0 Å². The molecular formula is C23H31ClN2O2. The van der Waals surface area contributed by atoms with Gasteiger partial charge in [-0.25, -0.2) is 0 Å². The van der Waals surface area contributed by atoms with Crippen LogP contribution in [0.25, 0.3) is 0 Å². The van der Waals surface area contributed by atoms with Gasteiger partial charge in [-0.2, -0.15) is 0 Å². The summed E-state index contributed by atoms with van der Waals surface area (Å²) >= 11 is 0. The molecule has 2 aromatic rings. The lowest BCUT2D eigenvalue weighted by Crippen LogP contribution is -2.44. The normalized spacial score (nSPS) is 18.8. The summed E-state index contributed by atoms with van der Waals surface area (Å²) in [6.45, 7) is 4.50. The molecule has 0 aliphatic carbocycles. The molecule has 0 aromatic heterocycles. The molecule has 0 unspecified atom stereocenters. The molecule has 0 bridgehead atoms. The van der Waals surface area contributed by atoms with E-state index in [1.807, 2.05) is 35.2 Å². The van der Waals surface area contributed by atoms with Crippen LogP contribution in [-0.2, 0) is 17.8 Å². The molecule has 0 radical (unpaired) electrons. The number of benzene rings is 2. The van der Waals surface area contributed by atoms with Crippen LogP contribution in [0.3, 0.4) is 0 Å². The maximum atomic E-state index is 13.2. The van der Waals surface area contributed by atoms with Gasteiger partial charge in [0.05, 0.1) is 7.11 Å². The first-order chi connectivity index (χ1) is 13.2. The molecule has 4 nitrogen and oxygen atoms in total. The largest absolute Gasteiger partial charge is 0.497 e. The van der Waals surface area contributed by atoms with Crippen molar-refractivity contribution in [2.75, 3.05) is 20.2 Å². The van der Waals surface area contributed by atoms with Gasteiger partial charge >= 0.3 is 0 Å². The van der Waals surface area contributed by atoms with Gasteiger partial charge in [0.15, 0.2) is 0 Å². The van der Waals surface area contributed by atoms with E-state index < -0.39 is 0 Å². The van der Waals surface area contributed by atoms with Gasteiger partial charge in [0.1, 0.15) is 5.75 Å². The number of carbonyl (C=O) groups is 1. The molecule has 1 fully saturated rings. The minimum atomic E-state index is 0. The van der Waals surface area contributed by atoms with Gasteiger partial charge in [-0.05, 0) is 56.0 Å². The molecule has 1 N–H and O–H groups in total. The van der Waals surface area contributed by atoms with Gasteiger partial charge in [-0.3, -0.25) is 4.79 Å². The molecule has 28 heavy (non-hydrogen) atoms. The van der Waals surface area contributed by atoms with Gasteiger partial charge in [0.25, 0.3) is 0 Å². The predicted octanol–water partition coefficient (Wildman–Crippen LogP) is 4.08. The van der Waals surface area contributed by atoms with Crippen LogP contribution in [-0.4, -0.2) is 37.0 Å². The van der Waals surface area contributed by atoms with Gasteiger partial charge in [-0.1, -0.05) is 42.5 Å². The second kappa shape index (κ2) is 11.1. The second-order valence-corrected chi connectivity index (χ2v) is 7.42. The number of amides is 1. The first kappa shape index (κ1) is 22.3. The van der Waals surface area contributed by atoms with Crippen LogP contribution >= 0.6 is 12.4 Å². The second-order valence-electron chi connectivity index (χ2n) is 7.42. The van der Waals surface area contributed by atoms with Crippen molar-refractivity contribution in [2.24, 2.45) is 5.92 Å². The highest BCUT2D eigenvalue weighted by molar-refractivity contribution is 5.85. The molecule has 2 aromatic carbocycles. The maximum absolute atomic E-state index is 13.2. The molecule has 0 spiro atoms. The topological polar surface area (TPSA) is 41.6 Å². The van der Waals surface area contributed by atoms with E-state index in [4.69, 9.17) is 4.74 Å². The van der Waals surface area contributed by atoms with Crippen LogP contribution in [0.4, 0.5) is 0 Å². The Morgan fingerprint density at radius 2 is 1.82 bits per heavy atom. The van der Waals surface area contributed by atoms with Crippen molar-refractivity contribution in [2.45, 2.75) is 38.8 Å². The summed E-state index contributed by atoms with van der Waals surface area (Å²) in [6.07, 6.45) is 2.70. The molecular weight excluding hydrogens is 372 g/mol. The van der Waals surface area contributed by atoms with Crippen LogP contribution in [0.1, 0.15) is 30.9 Å². The van der Waals surface area contributed by atoms with Gasteiger partial charge in [0, 0.05) is 25.0 Å². The summed E-state index contributed by atoms with van der Waals surface area (Å²) in [6, 6.07) is 18.8. The van der Waals surface area contributed by atoms with Crippen molar-refractivity contribution < 1.29 is 9.53 Å². The summed E-state index contributed by atoms with van der Waals surface area (Å²) in [5.74, 6) is 1.28. The molecule has 1 heterocycles. The third-order valence-corrected chi connectivity index (χ3v) is 5.33. The Morgan fingerprint density at radius 1 is 1.11 bits per heavy atom. The number of hydrogen-bond acceptors (Lipinski definition) is 3. The fourth-order valence-electron chi connectivity index (χ4n) is 3.74. The third kappa shape index (κ3) is 6.25. The fraction of sp³-hybridized carbons (Fsp3) is 0.435. The standard InChI is InChI=1S/C23H30N2O2.ClH/c1-18-16-21(12-14-24-18)23(26)25(17-20-6-4-3-5-7-20)15-13-19-8-10-22(27-2)11-9-19;/h3-11,18,21,24H,12-17H2,1-2H3;1H/t18-,21-;/m0./s1. The lowest BCUT2D eigenvalue weighted by Gasteiger charge is -2.32. The Balaban J connectivity index is 0.00000280. The number of piperidine rings is 1. The summed E-state index contributed by atoms with van der Waals surface area (Å²) in [4.78, 5) is 15.3. The van der Waals surface area contributed by atoms with E-state index in [9.17, 15) is 4.79 Å². The predicted molar refractivity (Wildman–Crippen MR) is 116 cm³/mol. The SMILES string of the molecule is COc1ccc(CCN(Cc2ccccc2)C(=O)[C@H]2CCN[C@@H](C)C2)cc1.Cl. The van der Waals surface area contributed by atoms with Crippen molar-refractivity contribution in [3.8, 4) is 5.75 Å². The third-order valence-electron chi connectivity index (χ3n) is 5.33.